The lowest BCUT2D eigenvalue weighted by Gasteiger charge is -2.21. The second kappa shape index (κ2) is 7.97. The minimum absolute atomic E-state index is 0.137. The fourth-order valence-corrected chi connectivity index (χ4v) is 7.26. The van der Waals surface area contributed by atoms with Crippen LogP contribution in [0.3, 0.4) is 0 Å². The first-order chi connectivity index (χ1) is 13.9. The highest BCUT2D eigenvalue weighted by Gasteiger charge is 2.40. The Morgan fingerprint density at radius 2 is 1.28 bits per heavy atom. The number of hydrogen-bond donors (Lipinski definition) is 2. The lowest BCUT2D eigenvalue weighted by atomic mass is 10.1. The average Bonchev–Trinajstić information content (AvgIpc) is 2.68. The van der Waals surface area contributed by atoms with Gasteiger partial charge < -0.3 is 10.6 Å². The number of benzene rings is 3. The molecule has 1 aliphatic rings. The molecule has 0 bridgehead atoms. The number of anilines is 2. The largest absolute Gasteiger partial charge is 0.326 e. The SMILES string of the molecule is CC(=O)Nc1cc(NC(C)=O)c([S+]2c3ccccc3Sc3ccccc32)cc1C. The van der Waals surface area contributed by atoms with Crippen LogP contribution in [0.4, 0.5) is 11.4 Å². The van der Waals surface area contributed by atoms with E-state index in [2.05, 4.69) is 65.2 Å². The molecule has 4 rings (SSSR count). The van der Waals surface area contributed by atoms with Crippen molar-refractivity contribution in [2.24, 2.45) is 0 Å². The van der Waals surface area contributed by atoms with E-state index in [1.807, 2.05) is 13.0 Å². The molecule has 0 saturated carbocycles. The maximum absolute atomic E-state index is 12.0. The maximum Gasteiger partial charge on any atom is 0.221 e. The summed E-state index contributed by atoms with van der Waals surface area (Å²) >= 11 is 1.78. The van der Waals surface area contributed by atoms with Crippen molar-refractivity contribution in [1.29, 1.82) is 0 Å². The van der Waals surface area contributed by atoms with Crippen LogP contribution in [0.5, 0.6) is 0 Å². The van der Waals surface area contributed by atoms with Gasteiger partial charge in [0.05, 0.1) is 15.5 Å². The first-order valence-electron chi connectivity index (χ1n) is 9.24. The summed E-state index contributed by atoms with van der Waals surface area (Å²) in [5.74, 6) is -0.276. The van der Waals surface area contributed by atoms with Gasteiger partial charge in [-0.05, 0) is 42.8 Å². The van der Waals surface area contributed by atoms with Crippen LogP contribution in [0.25, 0.3) is 0 Å². The summed E-state index contributed by atoms with van der Waals surface area (Å²) in [6.45, 7) is 4.97. The number of fused-ring (bicyclic) bond motifs is 2. The van der Waals surface area contributed by atoms with E-state index in [4.69, 9.17) is 0 Å². The summed E-state index contributed by atoms with van der Waals surface area (Å²) in [6.07, 6.45) is 0. The number of nitrogens with one attached hydrogen (secondary N) is 2. The first-order valence-corrected chi connectivity index (χ1v) is 11.3. The van der Waals surface area contributed by atoms with E-state index in [9.17, 15) is 9.59 Å². The lowest BCUT2D eigenvalue weighted by molar-refractivity contribution is -0.115. The van der Waals surface area contributed by atoms with Crippen LogP contribution < -0.4 is 10.6 Å². The van der Waals surface area contributed by atoms with Crippen molar-refractivity contribution in [2.45, 2.75) is 45.2 Å². The lowest BCUT2D eigenvalue weighted by Crippen LogP contribution is -2.17. The number of rotatable bonds is 3. The molecule has 29 heavy (non-hydrogen) atoms. The third-order valence-electron chi connectivity index (χ3n) is 4.53. The van der Waals surface area contributed by atoms with E-state index in [-0.39, 0.29) is 22.7 Å². The molecule has 6 heteroatoms. The summed E-state index contributed by atoms with van der Waals surface area (Å²) in [5.41, 5.74) is 2.40. The zero-order chi connectivity index (χ0) is 20.5. The van der Waals surface area contributed by atoms with E-state index >= 15 is 0 Å². The van der Waals surface area contributed by atoms with E-state index in [1.165, 1.54) is 33.4 Å². The van der Waals surface area contributed by atoms with Crippen LogP contribution in [-0.2, 0) is 20.5 Å². The van der Waals surface area contributed by atoms with E-state index < -0.39 is 0 Å². The molecule has 1 aliphatic heterocycles. The molecular formula is C23H21N2O2S2+. The molecule has 0 atom stereocenters. The first kappa shape index (κ1) is 19.6. The predicted molar refractivity (Wildman–Crippen MR) is 119 cm³/mol. The Morgan fingerprint density at radius 3 is 1.83 bits per heavy atom. The minimum atomic E-state index is -0.365. The molecule has 3 aromatic rings. The third-order valence-corrected chi connectivity index (χ3v) is 8.31. The second-order valence-corrected chi connectivity index (χ2v) is 9.84. The molecule has 146 valence electrons. The van der Waals surface area contributed by atoms with E-state index in [0.717, 1.165) is 16.1 Å². The Morgan fingerprint density at radius 1 is 0.759 bits per heavy atom. The highest BCUT2D eigenvalue weighted by molar-refractivity contribution is 8.04. The van der Waals surface area contributed by atoms with Crippen molar-refractivity contribution in [3.8, 4) is 0 Å². The molecule has 3 aromatic carbocycles. The second-order valence-electron chi connectivity index (χ2n) is 6.83. The number of hydrogen-bond acceptors (Lipinski definition) is 3. The molecule has 0 unspecified atom stereocenters. The van der Waals surface area contributed by atoms with E-state index in [1.54, 1.807) is 11.8 Å². The molecule has 0 aliphatic carbocycles. The van der Waals surface area contributed by atoms with Gasteiger partial charge in [0.15, 0.2) is 14.7 Å². The highest BCUT2D eigenvalue weighted by atomic mass is 32.2. The third kappa shape index (κ3) is 3.91. The predicted octanol–water partition coefficient (Wildman–Crippen LogP) is 5.47. The topological polar surface area (TPSA) is 58.2 Å². The molecular weight excluding hydrogens is 400 g/mol. The van der Waals surface area contributed by atoms with Gasteiger partial charge in [-0.15, -0.1) is 0 Å². The number of aryl methyl sites for hydroxylation is 1. The molecule has 0 aromatic heterocycles. The normalized spacial score (nSPS) is 12.7. The minimum Gasteiger partial charge on any atom is -0.326 e. The zero-order valence-corrected chi connectivity index (χ0v) is 18.0. The quantitative estimate of drug-likeness (QED) is 0.431. The van der Waals surface area contributed by atoms with Gasteiger partial charge in [0.25, 0.3) is 0 Å². The van der Waals surface area contributed by atoms with Gasteiger partial charge >= 0.3 is 0 Å². The van der Waals surface area contributed by atoms with Crippen LogP contribution in [-0.4, -0.2) is 11.8 Å². The van der Waals surface area contributed by atoms with Crippen molar-refractivity contribution in [3.05, 3.63) is 66.2 Å². The molecule has 4 nitrogen and oxygen atoms in total. The molecule has 0 spiro atoms. The van der Waals surface area contributed by atoms with Gasteiger partial charge in [0, 0.05) is 25.6 Å². The van der Waals surface area contributed by atoms with Crippen molar-refractivity contribution in [2.75, 3.05) is 10.6 Å². The van der Waals surface area contributed by atoms with Crippen LogP contribution in [0, 0.1) is 6.92 Å². The van der Waals surface area contributed by atoms with Gasteiger partial charge in [-0.3, -0.25) is 9.59 Å². The van der Waals surface area contributed by atoms with E-state index in [0.29, 0.717) is 5.69 Å². The fourth-order valence-electron chi connectivity index (χ4n) is 3.34. The van der Waals surface area contributed by atoms with Crippen molar-refractivity contribution in [1.82, 2.24) is 0 Å². The Labute approximate surface area is 177 Å². The van der Waals surface area contributed by atoms with Crippen molar-refractivity contribution < 1.29 is 9.59 Å². The Balaban J connectivity index is 1.95. The van der Waals surface area contributed by atoms with Crippen LogP contribution in [0.15, 0.2) is 85.1 Å². The van der Waals surface area contributed by atoms with Gasteiger partial charge in [0.1, 0.15) is 10.9 Å². The summed E-state index contributed by atoms with van der Waals surface area (Å²) in [6, 6.07) is 20.8. The molecule has 0 saturated heterocycles. The standard InChI is InChI=1S/C23H20N2O2S2/c1-14-12-23(18(25-16(3)27)13-17(14)24-15(2)26)29-21-10-6-4-8-19(21)28-20-9-5-7-11-22(20)29/h4-13H,1-3H3,(H-,24,25,26,27)/p+1. The van der Waals surface area contributed by atoms with Gasteiger partial charge in [-0.25, -0.2) is 0 Å². The fraction of sp³-hybridized carbons (Fsp3) is 0.130. The smallest absolute Gasteiger partial charge is 0.221 e. The Bertz CT molecular complexity index is 1080. The Hall–Kier alpha value is -2.70. The van der Waals surface area contributed by atoms with Crippen LogP contribution in [0.1, 0.15) is 19.4 Å². The average molecular weight is 422 g/mol. The Kier molecular flexibility index (Phi) is 5.39. The summed E-state index contributed by atoms with van der Waals surface area (Å²) in [4.78, 5) is 29.6. The van der Waals surface area contributed by atoms with Crippen molar-refractivity contribution >= 4 is 45.8 Å². The number of carbonyl (C=O) groups is 2. The highest BCUT2D eigenvalue weighted by Crippen LogP contribution is 2.50. The molecule has 1 heterocycles. The number of carbonyl (C=O) groups excluding carboxylic acids is 2. The molecule has 0 fully saturated rings. The number of amides is 2. The van der Waals surface area contributed by atoms with Gasteiger partial charge in [-0.1, -0.05) is 36.0 Å². The van der Waals surface area contributed by atoms with Gasteiger partial charge in [0.2, 0.25) is 11.8 Å². The maximum atomic E-state index is 12.0. The van der Waals surface area contributed by atoms with Crippen molar-refractivity contribution in [3.63, 3.8) is 0 Å². The zero-order valence-electron chi connectivity index (χ0n) is 16.4. The monoisotopic (exact) mass is 421 g/mol. The summed E-state index contributed by atoms with van der Waals surface area (Å²) < 4.78 is 0. The molecule has 2 N–H and O–H groups in total. The van der Waals surface area contributed by atoms with Crippen LogP contribution >= 0.6 is 11.8 Å². The summed E-state index contributed by atoms with van der Waals surface area (Å²) in [5, 5.41) is 5.85. The molecule has 0 radical (unpaired) electrons. The summed E-state index contributed by atoms with van der Waals surface area (Å²) in [7, 11) is -0.365. The van der Waals surface area contributed by atoms with Gasteiger partial charge in [-0.2, -0.15) is 0 Å². The van der Waals surface area contributed by atoms with Crippen LogP contribution in [0.2, 0.25) is 0 Å². The molecule has 2 amide bonds.